The van der Waals surface area contributed by atoms with Gasteiger partial charge >= 0.3 is 0 Å². The molecule has 4 heterocycles. The van der Waals surface area contributed by atoms with E-state index in [0.29, 0.717) is 48.3 Å². The molecule has 31 heavy (non-hydrogen) atoms. The highest BCUT2D eigenvalue weighted by Gasteiger charge is 2.35. The number of nitrogens with zero attached hydrogens (tertiary/aromatic N) is 2. The van der Waals surface area contributed by atoms with Gasteiger partial charge in [-0.15, -0.1) is 11.3 Å². The Morgan fingerprint density at radius 2 is 1.81 bits per heavy atom. The van der Waals surface area contributed by atoms with E-state index in [9.17, 15) is 8.42 Å². The van der Waals surface area contributed by atoms with Crippen LogP contribution in [0.2, 0.25) is 0 Å². The zero-order valence-electron chi connectivity index (χ0n) is 17.4. The molecule has 1 aromatic carbocycles. The fourth-order valence-electron chi connectivity index (χ4n) is 4.31. The second-order valence-corrected chi connectivity index (χ2v) is 11.1. The Hall–Kier alpha value is -2.52. The van der Waals surface area contributed by atoms with Crippen LogP contribution in [-0.2, 0) is 9.84 Å². The van der Waals surface area contributed by atoms with Gasteiger partial charge in [0.2, 0.25) is 26.6 Å². The highest BCUT2D eigenvalue weighted by molar-refractivity contribution is 7.91. The summed E-state index contributed by atoms with van der Waals surface area (Å²) in [6.07, 6.45) is 1.10. The Morgan fingerprint density at radius 3 is 2.52 bits per heavy atom. The van der Waals surface area contributed by atoms with E-state index in [2.05, 4.69) is 18.8 Å². The number of fused-ring (bicyclic) bond motifs is 1. The Kier molecular flexibility index (Phi) is 5.18. The lowest BCUT2D eigenvalue weighted by atomic mass is 9.92. The summed E-state index contributed by atoms with van der Waals surface area (Å²) in [5, 5.41) is 1.87. The van der Waals surface area contributed by atoms with E-state index in [4.69, 9.17) is 13.9 Å². The maximum Gasteiger partial charge on any atom is 0.240 e. The molecule has 0 N–H and O–H groups in total. The van der Waals surface area contributed by atoms with Gasteiger partial charge in [-0.25, -0.2) is 8.42 Å². The summed E-state index contributed by atoms with van der Waals surface area (Å²) in [5.74, 6) is 2.48. The van der Waals surface area contributed by atoms with Crippen molar-refractivity contribution in [1.82, 2.24) is 4.98 Å². The van der Waals surface area contributed by atoms with E-state index >= 15 is 0 Å². The molecule has 0 saturated carbocycles. The first kappa shape index (κ1) is 20.4. The molecule has 0 radical (unpaired) electrons. The van der Waals surface area contributed by atoms with E-state index in [1.807, 2.05) is 22.4 Å². The molecular weight excluding hydrogens is 436 g/mol. The second-order valence-electron chi connectivity index (χ2n) is 8.27. The molecule has 2 unspecified atom stereocenters. The van der Waals surface area contributed by atoms with E-state index in [1.54, 1.807) is 6.07 Å². The summed E-state index contributed by atoms with van der Waals surface area (Å²) in [6.45, 7) is 6.64. The summed E-state index contributed by atoms with van der Waals surface area (Å²) < 4.78 is 44.6. The molecule has 0 spiro atoms. The lowest BCUT2D eigenvalue weighted by Gasteiger charge is -2.34. The monoisotopic (exact) mass is 460 g/mol. The number of ether oxygens (including phenoxy) is 2. The number of sulfone groups is 1. The van der Waals surface area contributed by atoms with E-state index in [-0.39, 0.29) is 9.92 Å². The van der Waals surface area contributed by atoms with Crippen LogP contribution in [0.5, 0.6) is 11.5 Å². The number of hydrogen-bond acceptors (Lipinski definition) is 8. The maximum absolute atomic E-state index is 13.7. The molecule has 1 saturated heterocycles. The third-order valence-electron chi connectivity index (χ3n) is 5.55. The molecule has 2 aliphatic rings. The van der Waals surface area contributed by atoms with Crippen LogP contribution in [0.4, 0.5) is 5.88 Å². The van der Waals surface area contributed by atoms with Gasteiger partial charge in [-0.2, -0.15) is 4.98 Å². The number of anilines is 1. The number of piperidine rings is 1. The molecule has 164 valence electrons. The molecule has 5 rings (SSSR count). The average Bonchev–Trinajstić information content (AvgIpc) is 3.43. The number of aromatic nitrogens is 1. The van der Waals surface area contributed by atoms with Gasteiger partial charge in [-0.3, -0.25) is 0 Å². The van der Waals surface area contributed by atoms with Gasteiger partial charge in [-0.05, 0) is 41.8 Å². The van der Waals surface area contributed by atoms with Crippen LogP contribution in [-0.4, -0.2) is 39.7 Å². The molecular formula is C22H24N2O5S2. The molecule has 7 nitrogen and oxygen atoms in total. The van der Waals surface area contributed by atoms with Crippen LogP contribution in [0.25, 0.3) is 10.8 Å². The topological polar surface area (TPSA) is 81.9 Å². The Balaban J connectivity index is 1.61. The first-order chi connectivity index (χ1) is 14.9. The second kappa shape index (κ2) is 7.87. The third-order valence-corrected chi connectivity index (χ3v) is 8.05. The van der Waals surface area contributed by atoms with Crippen LogP contribution in [0, 0.1) is 11.8 Å². The van der Waals surface area contributed by atoms with Crippen molar-refractivity contribution in [3.63, 3.8) is 0 Å². The molecule has 2 aromatic heterocycles. The number of thiophene rings is 1. The minimum absolute atomic E-state index is 0.0473. The van der Waals surface area contributed by atoms with Crippen molar-refractivity contribution < 1.29 is 22.3 Å². The Bertz CT molecular complexity index is 1180. The average molecular weight is 461 g/mol. The van der Waals surface area contributed by atoms with Crippen molar-refractivity contribution in [2.45, 2.75) is 30.2 Å². The van der Waals surface area contributed by atoms with Gasteiger partial charge in [0.25, 0.3) is 0 Å². The van der Waals surface area contributed by atoms with Gasteiger partial charge in [-0.1, -0.05) is 19.9 Å². The fraction of sp³-hybridized carbons (Fsp3) is 0.409. The highest BCUT2D eigenvalue weighted by Crippen LogP contribution is 2.40. The summed E-state index contributed by atoms with van der Waals surface area (Å²) in [4.78, 5) is 7.41. The van der Waals surface area contributed by atoms with Crippen molar-refractivity contribution in [3.8, 4) is 22.3 Å². The summed E-state index contributed by atoms with van der Waals surface area (Å²) >= 11 is 1.46. The predicted molar refractivity (Wildman–Crippen MR) is 118 cm³/mol. The molecule has 3 aromatic rings. The number of rotatable bonds is 4. The van der Waals surface area contributed by atoms with Crippen LogP contribution < -0.4 is 14.4 Å². The SMILES string of the molecule is CC1CC(C)CN(c2oc(-c3cccs3)nc2S(=O)(=O)c2ccc3c(c2)OCCO3)C1. The quantitative estimate of drug-likeness (QED) is 0.567. The van der Waals surface area contributed by atoms with Crippen molar-refractivity contribution in [2.75, 3.05) is 31.2 Å². The number of benzene rings is 1. The lowest BCUT2D eigenvalue weighted by Crippen LogP contribution is -2.39. The minimum atomic E-state index is -3.94. The van der Waals surface area contributed by atoms with Crippen molar-refractivity contribution >= 4 is 27.1 Å². The van der Waals surface area contributed by atoms with Gasteiger partial charge in [0.15, 0.2) is 11.5 Å². The minimum Gasteiger partial charge on any atom is -0.486 e. The summed E-state index contributed by atoms with van der Waals surface area (Å²) in [5.41, 5.74) is 0. The van der Waals surface area contributed by atoms with Gasteiger partial charge in [0.1, 0.15) is 13.2 Å². The normalized spacial score (nSPS) is 21.3. The molecule has 0 bridgehead atoms. The molecule has 2 atom stereocenters. The molecule has 0 amide bonds. The molecule has 9 heteroatoms. The standard InChI is InChI=1S/C22H24N2O5S2/c1-14-10-15(2)13-24(12-14)22-21(23-20(29-22)19-4-3-9-30-19)31(25,26)16-5-6-17-18(11-16)28-8-7-27-17/h3-6,9,11,14-15H,7-8,10,12-13H2,1-2H3. The zero-order valence-corrected chi connectivity index (χ0v) is 19.0. The van der Waals surface area contributed by atoms with Gasteiger partial charge in [0.05, 0.1) is 9.77 Å². The van der Waals surface area contributed by atoms with Crippen LogP contribution in [0.15, 0.2) is 50.1 Å². The Morgan fingerprint density at radius 1 is 1.06 bits per heavy atom. The maximum atomic E-state index is 13.7. The van der Waals surface area contributed by atoms with Crippen molar-refractivity contribution in [2.24, 2.45) is 11.8 Å². The number of oxazole rings is 1. The van der Waals surface area contributed by atoms with E-state index in [0.717, 1.165) is 24.4 Å². The van der Waals surface area contributed by atoms with Crippen LogP contribution in [0.3, 0.4) is 0 Å². The van der Waals surface area contributed by atoms with Crippen LogP contribution in [0.1, 0.15) is 20.3 Å². The first-order valence-electron chi connectivity index (χ1n) is 10.4. The zero-order chi connectivity index (χ0) is 21.6. The lowest BCUT2D eigenvalue weighted by molar-refractivity contribution is 0.171. The summed E-state index contributed by atoms with van der Waals surface area (Å²) in [7, 11) is -3.94. The van der Waals surface area contributed by atoms with Crippen molar-refractivity contribution in [1.29, 1.82) is 0 Å². The summed E-state index contributed by atoms with van der Waals surface area (Å²) in [6, 6.07) is 8.45. The first-order valence-corrected chi connectivity index (χ1v) is 12.7. The third kappa shape index (κ3) is 3.80. The van der Waals surface area contributed by atoms with E-state index < -0.39 is 9.84 Å². The highest BCUT2D eigenvalue weighted by atomic mass is 32.2. The molecule has 0 aliphatic carbocycles. The van der Waals surface area contributed by atoms with Gasteiger partial charge < -0.3 is 18.8 Å². The van der Waals surface area contributed by atoms with Gasteiger partial charge in [0, 0.05) is 19.2 Å². The molecule has 2 aliphatic heterocycles. The Labute approximate surface area is 185 Å². The van der Waals surface area contributed by atoms with E-state index in [1.165, 1.54) is 23.5 Å². The fourth-order valence-corrected chi connectivity index (χ4v) is 6.30. The smallest absolute Gasteiger partial charge is 0.240 e. The van der Waals surface area contributed by atoms with Crippen molar-refractivity contribution in [3.05, 3.63) is 35.7 Å². The van der Waals surface area contributed by atoms with Crippen LogP contribution >= 0.6 is 11.3 Å². The predicted octanol–water partition coefficient (Wildman–Crippen LogP) is 4.49. The number of hydrogen-bond donors (Lipinski definition) is 0. The largest absolute Gasteiger partial charge is 0.486 e. The molecule has 1 fully saturated rings.